The largest absolute Gasteiger partial charge is 0.493 e. The van der Waals surface area contributed by atoms with Crippen LogP contribution in [0.1, 0.15) is 28.8 Å². The number of carbonyl (C=O) groups excluding carboxylic acids is 1. The van der Waals surface area contributed by atoms with Crippen LogP contribution in [-0.2, 0) is 11.2 Å². The van der Waals surface area contributed by atoms with E-state index in [1.807, 2.05) is 18.2 Å². The number of fused-ring (bicyclic) bond motifs is 2. The number of benzene rings is 1. The zero-order chi connectivity index (χ0) is 13.5. The predicted octanol–water partition coefficient (Wildman–Crippen LogP) is 1.67. The van der Waals surface area contributed by atoms with E-state index in [9.17, 15) is 4.79 Å². The Morgan fingerprint density at radius 2 is 2.30 bits per heavy atom. The zero-order valence-corrected chi connectivity index (χ0v) is 11.5. The minimum absolute atomic E-state index is 0.116. The van der Waals surface area contributed by atoms with Gasteiger partial charge in [-0.05, 0) is 43.1 Å². The molecule has 0 radical (unpaired) electrons. The Balaban J connectivity index is 1.52. The summed E-state index contributed by atoms with van der Waals surface area (Å²) in [5, 5.41) is 0. The van der Waals surface area contributed by atoms with Gasteiger partial charge in [0.15, 0.2) is 5.78 Å². The highest BCUT2D eigenvalue weighted by Gasteiger charge is 2.35. The molecule has 2 unspecified atom stereocenters. The van der Waals surface area contributed by atoms with Crippen LogP contribution >= 0.6 is 0 Å². The second kappa shape index (κ2) is 4.86. The first kappa shape index (κ1) is 12.4. The van der Waals surface area contributed by atoms with E-state index in [0.29, 0.717) is 12.6 Å². The zero-order valence-electron chi connectivity index (χ0n) is 11.5. The standard InChI is InChI=1S/C16H19NO3/c18-16(12-3-4-14-11(8-12)5-7-19-14)15-9-17-6-1-2-13(17)10-20-15/h3-4,8,13,15H,1-2,5-7,9-10H2. The van der Waals surface area contributed by atoms with E-state index in [1.54, 1.807) is 0 Å². The first-order valence-corrected chi connectivity index (χ1v) is 7.47. The first-order valence-electron chi connectivity index (χ1n) is 7.47. The number of hydrogen-bond donors (Lipinski definition) is 0. The fourth-order valence-corrected chi connectivity index (χ4v) is 3.50. The van der Waals surface area contributed by atoms with Crippen molar-refractivity contribution in [2.45, 2.75) is 31.4 Å². The van der Waals surface area contributed by atoms with E-state index in [-0.39, 0.29) is 11.9 Å². The van der Waals surface area contributed by atoms with Gasteiger partial charge in [0.05, 0.1) is 13.2 Å². The smallest absolute Gasteiger partial charge is 0.192 e. The van der Waals surface area contributed by atoms with Crippen molar-refractivity contribution < 1.29 is 14.3 Å². The van der Waals surface area contributed by atoms with Crippen molar-refractivity contribution in [3.8, 4) is 5.75 Å². The summed E-state index contributed by atoms with van der Waals surface area (Å²) in [6.07, 6.45) is 3.03. The van der Waals surface area contributed by atoms with Crippen LogP contribution in [0.3, 0.4) is 0 Å². The molecule has 0 saturated carbocycles. The fourth-order valence-electron chi connectivity index (χ4n) is 3.50. The molecule has 0 aromatic heterocycles. The molecule has 3 aliphatic rings. The Morgan fingerprint density at radius 1 is 1.35 bits per heavy atom. The number of rotatable bonds is 2. The number of morpholine rings is 1. The highest BCUT2D eigenvalue weighted by molar-refractivity contribution is 6.00. The summed E-state index contributed by atoms with van der Waals surface area (Å²) in [6, 6.07) is 6.29. The number of nitrogens with zero attached hydrogens (tertiary/aromatic N) is 1. The van der Waals surface area contributed by atoms with Gasteiger partial charge >= 0.3 is 0 Å². The Kier molecular flexibility index (Phi) is 3.00. The van der Waals surface area contributed by atoms with Crippen LogP contribution in [0, 0.1) is 0 Å². The molecule has 4 nitrogen and oxygen atoms in total. The lowest BCUT2D eigenvalue weighted by Gasteiger charge is -2.34. The summed E-state index contributed by atoms with van der Waals surface area (Å²) in [5.74, 6) is 1.04. The van der Waals surface area contributed by atoms with E-state index < -0.39 is 0 Å². The Morgan fingerprint density at radius 3 is 3.25 bits per heavy atom. The summed E-state index contributed by atoms with van der Waals surface area (Å²) < 4.78 is 11.3. The van der Waals surface area contributed by atoms with Crippen LogP contribution in [0.5, 0.6) is 5.75 Å². The quantitative estimate of drug-likeness (QED) is 0.768. The molecule has 3 aliphatic heterocycles. The van der Waals surface area contributed by atoms with Gasteiger partial charge in [0, 0.05) is 24.6 Å². The van der Waals surface area contributed by atoms with Gasteiger partial charge < -0.3 is 9.47 Å². The molecule has 4 heteroatoms. The Bertz CT molecular complexity index is 543. The molecule has 0 aliphatic carbocycles. The van der Waals surface area contributed by atoms with Gasteiger partial charge in [-0.3, -0.25) is 9.69 Å². The lowest BCUT2D eigenvalue weighted by molar-refractivity contribution is -0.0344. The second-order valence-corrected chi connectivity index (χ2v) is 5.90. The molecule has 2 saturated heterocycles. The molecule has 4 rings (SSSR count). The predicted molar refractivity (Wildman–Crippen MR) is 74.3 cm³/mol. The summed E-state index contributed by atoms with van der Waals surface area (Å²) in [6.45, 7) is 3.28. The molecule has 106 valence electrons. The maximum atomic E-state index is 12.6. The summed E-state index contributed by atoms with van der Waals surface area (Å²) >= 11 is 0. The minimum atomic E-state index is -0.301. The van der Waals surface area contributed by atoms with E-state index in [2.05, 4.69) is 4.90 Å². The van der Waals surface area contributed by atoms with Gasteiger partial charge in [0.1, 0.15) is 11.9 Å². The third kappa shape index (κ3) is 2.03. The number of ether oxygens (including phenoxy) is 2. The van der Waals surface area contributed by atoms with E-state index in [4.69, 9.17) is 9.47 Å². The van der Waals surface area contributed by atoms with Crippen molar-refractivity contribution in [3.63, 3.8) is 0 Å². The molecule has 0 spiro atoms. The van der Waals surface area contributed by atoms with Crippen LogP contribution in [0.25, 0.3) is 0 Å². The fraction of sp³-hybridized carbons (Fsp3) is 0.562. The van der Waals surface area contributed by atoms with Crippen molar-refractivity contribution in [2.75, 3.05) is 26.3 Å². The molecule has 0 N–H and O–H groups in total. The van der Waals surface area contributed by atoms with E-state index >= 15 is 0 Å². The van der Waals surface area contributed by atoms with Crippen molar-refractivity contribution in [1.82, 2.24) is 4.90 Å². The van der Waals surface area contributed by atoms with Gasteiger partial charge in [-0.25, -0.2) is 0 Å². The Hall–Kier alpha value is -1.39. The normalized spacial score (nSPS) is 28.8. The van der Waals surface area contributed by atoms with Crippen LogP contribution < -0.4 is 4.74 Å². The van der Waals surface area contributed by atoms with Gasteiger partial charge in [0.2, 0.25) is 0 Å². The molecule has 0 bridgehead atoms. The molecule has 20 heavy (non-hydrogen) atoms. The molecule has 3 heterocycles. The SMILES string of the molecule is O=C(c1ccc2c(c1)CCO2)C1CN2CCCC2CO1. The second-order valence-electron chi connectivity index (χ2n) is 5.90. The molecule has 2 fully saturated rings. The highest BCUT2D eigenvalue weighted by Crippen LogP contribution is 2.28. The lowest BCUT2D eigenvalue weighted by atomic mass is 10.0. The van der Waals surface area contributed by atoms with Crippen LogP contribution in [-0.4, -0.2) is 49.1 Å². The van der Waals surface area contributed by atoms with Crippen molar-refractivity contribution in [3.05, 3.63) is 29.3 Å². The maximum absolute atomic E-state index is 12.6. The van der Waals surface area contributed by atoms with E-state index in [1.165, 1.54) is 12.8 Å². The summed E-state index contributed by atoms with van der Waals surface area (Å²) in [4.78, 5) is 15.0. The van der Waals surface area contributed by atoms with Gasteiger partial charge in [-0.2, -0.15) is 0 Å². The summed E-state index contributed by atoms with van der Waals surface area (Å²) in [5.41, 5.74) is 1.91. The average molecular weight is 273 g/mol. The molecule has 2 atom stereocenters. The van der Waals surface area contributed by atoms with Crippen LogP contribution in [0.4, 0.5) is 0 Å². The Labute approximate surface area is 118 Å². The minimum Gasteiger partial charge on any atom is -0.493 e. The lowest BCUT2D eigenvalue weighted by Crippen LogP contribution is -2.49. The van der Waals surface area contributed by atoms with Crippen molar-refractivity contribution in [2.24, 2.45) is 0 Å². The van der Waals surface area contributed by atoms with Gasteiger partial charge in [-0.15, -0.1) is 0 Å². The van der Waals surface area contributed by atoms with E-state index in [0.717, 1.165) is 43.0 Å². The molecular formula is C16H19NO3. The molecular weight excluding hydrogens is 254 g/mol. The molecule has 0 amide bonds. The average Bonchev–Trinajstić information content (AvgIpc) is 3.13. The highest BCUT2D eigenvalue weighted by atomic mass is 16.5. The maximum Gasteiger partial charge on any atom is 0.192 e. The topological polar surface area (TPSA) is 38.8 Å². The summed E-state index contributed by atoms with van der Waals surface area (Å²) in [7, 11) is 0. The third-order valence-corrected chi connectivity index (χ3v) is 4.66. The van der Waals surface area contributed by atoms with Crippen molar-refractivity contribution >= 4 is 5.78 Å². The number of hydrogen-bond acceptors (Lipinski definition) is 4. The molecule has 1 aromatic carbocycles. The number of carbonyl (C=O) groups is 1. The van der Waals surface area contributed by atoms with Crippen LogP contribution in [0.2, 0.25) is 0 Å². The van der Waals surface area contributed by atoms with Gasteiger partial charge in [-0.1, -0.05) is 0 Å². The monoisotopic (exact) mass is 273 g/mol. The van der Waals surface area contributed by atoms with Gasteiger partial charge in [0.25, 0.3) is 0 Å². The molecule has 1 aromatic rings. The van der Waals surface area contributed by atoms with Crippen molar-refractivity contribution in [1.29, 1.82) is 0 Å². The number of ketones is 1. The van der Waals surface area contributed by atoms with Crippen LogP contribution in [0.15, 0.2) is 18.2 Å². The number of Topliss-reactive ketones (excluding diaryl/α,β-unsaturated/α-hetero) is 1. The first-order chi connectivity index (χ1) is 9.81. The third-order valence-electron chi connectivity index (χ3n) is 4.66.